The van der Waals surface area contributed by atoms with Crippen molar-refractivity contribution < 1.29 is 0 Å². The molecule has 4 nitrogen and oxygen atoms in total. The molecule has 0 spiro atoms. The van der Waals surface area contributed by atoms with Crippen molar-refractivity contribution in [3.63, 3.8) is 0 Å². The van der Waals surface area contributed by atoms with Crippen LogP contribution in [-0.2, 0) is 13.0 Å². The number of benzene rings is 1. The predicted molar refractivity (Wildman–Crippen MR) is 89.7 cm³/mol. The van der Waals surface area contributed by atoms with Gasteiger partial charge in [0.2, 0.25) is 5.95 Å². The van der Waals surface area contributed by atoms with E-state index in [0.717, 1.165) is 29.0 Å². The van der Waals surface area contributed by atoms with Crippen molar-refractivity contribution in [3.8, 4) is 0 Å². The molecule has 0 atom stereocenters. The number of aromatic nitrogens is 2. The molecule has 5 heteroatoms. The SMILES string of the molecule is CCc1ccc(CNc2nc(N)nc3sc(C)cc23)cc1. The lowest BCUT2D eigenvalue weighted by Crippen LogP contribution is -2.04. The molecule has 108 valence electrons. The highest BCUT2D eigenvalue weighted by atomic mass is 32.1. The zero-order valence-corrected chi connectivity index (χ0v) is 13.0. The summed E-state index contributed by atoms with van der Waals surface area (Å²) in [4.78, 5) is 10.7. The van der Waals surface area contributed by atoms with Crippen molar-refractivity contribution in [2.75, 3.05) is 11.1 Å². The highest BCUT2D eigenvalue weighted by Gasteiger charge is 2.09. The summed E-state index contributed by atoms with van der Waals surface area (Å²) in [5.41, 5.74) is 8.36. The van der Waals surface area contributed by atoms with Gasteiger partial charge >= 0.3 is 0 Å². The van der Waals surface area contributed by atoms with Crippen molar-refractivity contribution in [2.45, 2.75) is 26.8 Å². The van der Waals surface area contributed by atoms with E-state index < -0.39 is 0 Å². The highest BCUT2D eigenvalue weighted by molar-refractivity contribution is 7.18. The average molecular weight is 298 g/mol. The molecule has 2 heterocycles. The van der Waals surface area contributed by atoms with Crippen LogP contribution in [0.5, 0.6) is 0 Å². The van der Waals surface area contributed by atoms with Crippen LogP contribution in [0.3, 0.4) is 0 Å². The monoisotopic (exact) mass is 298 g/mol. The fourth-order valence-electron chi connectivity index (χ4n) is 2.27. The first-order chi connectivity index (χ1) is 10.2. The van der Waals surface area contributed by atoms with Crippen LogP contribution < -0.4 is 11.1 Å². The molecular weight excluding hydrogens is 280 g/mol. The van der Waals surface area contributed by atoms with Gasteiger partial charge in [-0.15, -0.1) is 11.3 Å². The molecule has 0 saturated heterocycles. The Hall–Kier alpha value is -2.14. The van der Waals surface area contributed by atoms with Gasteiger partial charge in [-0.3, -0.25) is 0 Å². The lowest BCUT2D eigenvalue weighted by atomic mass is 10.1. The van der Waals surface area contributed by atoms with Crippen LogP contribution in [0.4, 0.5) is 11.8 Å². The first kappa shape index (κ1) is 13.8. The number of nitrogens with zero attached hydrogens (tertiary/aromatic N) is 2. The minimum atomic E-state index is 0.313. The summed E-state index contributed by atoms with van der Waals surface area (Å²) in [6.07, 6.45) is 1.06. The Balaban J connectivity index is 1.83. The summed E-state index contributed by atoms with van der Waals surface area (Å²) in [5, 5.41) is 4.41. The molecule has 0 saturated carbocycles. The lowest BCUT2D eigenvalue weighted by Gasteiger charge is -2.08. The molecule has 21 heavy (non-hydrogen) atoms. The van der Waals surface area contributed by atoms with Crippen LogP contribution in [0.25, 0.3) is 10.2 Å². The topological polar surface area (TPSA) is 63.8 Å². The van der Waals surface area contributed by atoms with Gasteiger partial charge in [-0.1, -0.05) is 31.2 Å². The minimum absolute atomic E-state index is 0.313. The molecule has 0 aliphatic carbocycles. The van der Waals surface area contributed by atoms with Crippen LogP contribution in [0.15, 0.2) is 30.3 Å². The third kappa shape index (κ3) is 2.97. The number of anilines is 2. The standard InChI is InChI=1S/C16H18N4S/c1-3-11-4-6-12(7-5-11)9-18-14-13-8-10(2)21-15(13)20-16(17)19-14/h4-8H,3,9H2,1-2H3,(H3,17,18,19,20). The Kier molecular flexibility index (Phi) is 3.75. The Morgan fingerprint density at radius 1 is 1.14 bits per heavy atom. The summed E-state index contributed by atoms with van der Waals surface area (Å²) in [6.45, 7) is 4.95. The zero-order chi connectivity index (χ0) is 14.8. The van der Waals surface area contributed by atoms with Gasteiger partial charge in [0.15, 0.2) is 0 Å². The molecule has 0 bridgehead atoms. The van der Waals surface area contributed by atoms with E-state index >= 15 is 0 Å². The van der Waals surface area contributed by atoms with E-state index in [-0.39, 0.29) is 0 Å². The third-order valence-corrected chi connectivity index (χ3v) is 4.37. The molecule has 0 amide bonds. The van der Waals surface area contributed by atoms with E-state index in [9.17, 15) is 0 Å². The average Bonchev–Trinajstić information content (AvgIpc) is 2.85. The van der Waals surface area contributed by atoms with Gasteiger partial charge in [-0.2, -0.15) is 4.98 Å². The molecule has 0 radical (unpaired) electrons. The number of hydrogen-bond donors (Lipinski definition) is 2. The van der Waals surface area contributed by atoms with E-state index in [0.29, 0.717) is 5.95 Å². The van der Waals surface area contributed by atoms with Crippen molar-refractivity contribution in [3.05, 3.63) is 46.3 Å². The van der Waals surface area contributed by atoms with Gasteiger partial charge < -0.3 is 11.1 Å². The number of nitrogen functional groups attached to an aromatic ring is 1. The van der Waals surface area contributed by atoms with Gasteiger partial charge in [0.05, 0.1) is 5.39 Å². The minimum Gasteiger partial charge on any atom is -0.368 e. The molecule has 1 aromatic carbocycles. The molecular formula is C16H18N4S. The van der Waals surface area contributed by atoms with Crippen molar-refractivity contribution in [1.82, 2.24) is 9.97 Å². The summed E-state index contributed by atoms with van der Waals surface area (Å²) in [5.74, 6) is 1.12. The van der Waals surface area contributed by atoms with Crippen LogP contribution >= 0.6 is 11.3 Å². The quantitative estimate of drug-likeness (QED) is 0.770. The normalized spacial score (nSPS) is 11.0. The number of aryl methyl sites for hydroxylation is 2. The van der Waals surface area contributed by atoms with E-state index in [1.165, 1.54) is 16.0 Å². The van der Waals surface area contributed by atoms with E-state index in [1.54, 1.807) is 11.3 Å². The van der Waals surface area contributed by atoms with Crippen LogP contribution in [-0.4, -0.2) is 9.97 Å². The number of rotatable bonds is 4. The smallest absolute Gasteiger partial charge is 0.223 e. The molecule has 3 aromatic rings. The first-order valence-corrected chi connectivity index (χ1v) is 7.82. The zero-order valence-electron chi connectivity index (χ0n) is 12.2. The Labute approximate surface area is 128 Å². The Morgan fingerprint density at radius 2 is 1.86 bits per heavy atom. The molecule has 0 unspecified atom stereocenters. The first-order valence-electron chi connectivity index (χ1n) is 7.01. The Bertz CT molecular complexity index is 762. The number of thiophene rings is 1. The van der Waals surface area contributed by atoms with Gasteiger partial charge in [-0.25, -0.2) is 4.98 Å². The summed E-state index contributed by atoms with van der Waals surface area (Å²) < 4.78 is 0. The second-order valence-corrected chi connectivity index (χ2v) is 6.26. The molecule has 0 fully saturated rings. The second-order valence-electron chi connectivity index (χ2n) is 5.03. The van der Waals surface area contributed by atoms with Crippen molar-refractivity contribution in [1.29, 1.82) is 0 Å². The van der Waals surface area contributed by atoms with E-state index in [1.807, 2.05) is 0 Å². The maximum Gasteiger partial charge on any atom is 0.223 e. The summed E-state index contributed by atoms with van der Waals surface area (Å²) in [7, 11) is 0. The largest absolute Gasteiger partial charge is 0.368 e. The maximum atomic E-state index is 5.79. The molecule has 3 N–H and O–H groups in total. The van der Waals surface area contributed by atoms with Crippen LogP contribution in [0, 0.1) is 6.92 Å². The van der Waals surface area contributed by atoms with Crippen LogP contribution in [0.1, 0.15) is 22.9 Å². The van der Waals surface area contributed by atoms with Crippen molar-refractivity contribution in [2.24, 2.45) is 0 Å². The lowest BCUT2D eigenvalue weighted by molar-refractivity contribution is 1.09. The maximum absolute atomic E-state index is 5.79. The summed E-state index contributed by atoms with van der Waals surface area (Å²) in [6, 6.07) is 10.7. The fraction of sp³-hybridized carbons (Fsp3) is 0.250. The molecule has 0 aliphatic rings. The second kappa shape index (κ2) is 5.69. The van der Waals surface area contributed by atoms with Gasteiger partial charge in [0.1, 0.15) is 10.6 Å². The van der Waals surface area contributed by atoms with Gasteiger partial charge in [0, 0.05) is 11.4 Å². The highest BCUT2D eigenvalue weighted by Crippen LogP contribution is 2.29. The predicted octanol–water partition coefficient (Wildman–Crippen LogP) is 3.76. The number of nitrogens with one attached hydrogen (secondary N) is 1. The fourth-order valence-corrected chi connectivity index (χ4v) is 3.16. The third-order valence-electron chi connectivity index (χ3n) is 3.42. The van der Waals surface area contributed by atoms with Gasteiger partial charge in [-0.05, 0) is 30.5 Å². The number of fused-ring (bicyclic) bond motifs is 1. The molecule has 3 rings (SSSR count). The number of nitrogens with two attached hydrogens (primary N) is 1. The molecule has 2 aromatic heterocycles. The van der Waals surface area contributed by atoms with Crippen molar-refractivity contribution >= 4 is 33.3 Å². The number of hydrogen-bond acceptors (Lipinski definition) is 5. The molecule has 0 aliphatic heterocycles. The van der Waals surface area contributed by atoms with E-state index in [2.05, 4.69) is 59.5 Å². The van der Waals surface area contributed by atoms with Gasteiger partial charge in [0.25, 0.3) is 0 Å². The van der Waals surface area contributed by atoms with Crippen LogP contribution in [0.2, 0.25) is 0 Å². The Morgan fingerprint density at radius 3 is 2.57 bits per heavy atom. The summed E-state index contributed by atoms with van der Waals surface area (Å²) >= 11 is 1.64. The van der Waals surface area contributed by atoms with E-state index in [4.69, 9.17) is 5.73 Å².